The predicted molar refractivity (Wildman–Crippen MR) is 90.4 cm³/mol. The minimum atomic E-state index is -0.345. The van der Waals surface area contributed by atoms with Crippen LogP contribution >= 0.6 is 11.6 Å². The molecule has 0 radical (unpaired) electrons. The second-order valence-corrected chi connectivity index (χ2v) is 5.17. The Hall–Kier alpha value is -2.53. The number of benzene rings is 2. The van der Waals surface area contributed by atoms with E-state index >= 15 is 0 Å². The first-order valence-corrected chi connectivity index (χ1v) is 7.31. The third-order valence-electron chi connectivity index (χ3n) is 3.02. The maximum absolute atomic E-state index is 11.7. The number of ether oxygens (including phenoxy) is 2. The lowest BCUT2D eigenvalue weighted by Crippen LogP contribution is -2.24. The summed E-state index contributed by atoms with van der Waals surface area (Å²) in [4.78, 5) is 11.7. The van der Waals surface area contributed by atoms with Gasteiger partial charge in [0.2, 0.25) is 0 Å². The molecule has 0 saturated heterocycles. The summed E-state index contributed by atoms with van der Waals surface area (Å²) in [5.74, 6) is 1.00. The van der Waals surface area contributed by atoms with E-state index in [1.165, 1.54) is 0 Å². The first-order valence-electron chi connectivity index (χ1n) is 6.93. The second-order valence-electron chi connectivity index (χ2n) is 4.77. The predicted octanol–water partition coefficient (Wildman–Crippen LogP) is 3.19. The Morgan fingerprint density at radius 2 is 1.91 bits per heavy atom. The molecule has 1 N–H and O–H groups in total. The molecular weight excluding hydrogens is 316 g/mol. The van der Waals surface area contributed by atoms with Crippen LogP contribution < -0.4 is 14.9 Å². The normalized spacial score (nSPS) is 10.6. The quantitative estimate of drug-likeness (QED) is 0.653. The molecule has 0 spiro atoms. The van der Waals surface area contributed by atoms with Crippen molar-refractivity contribution in [3.63, 3.8) is 0 Å². The van der Waals surface area contributed by atoms with Crippen molar-refractivity contribution in [3.05, 3.63) is 58.6 Å². The summed E-state index contributed by atoms with van der Waals surface area (Å²) in [6, 6.07) is 12.5. The van der Waals surface area contributed by atoms with Crippen molar-refractivity contribution in [1.29, 1.82) is 0 Å². The smallest absolute Gasteiger partial charge is 0.277 e. The minimum absolute atomic E-state index is 0.124. The summed E-state index contributed by atoms with van der Waals surface area (Å²) in [6.45, 7) is 1.75. The maximum Gasteiger partial charge on any atom is 0.277 e. The summed E-state index contributed by atoms with van der Waals surface area (Å²) in [7, 11) is 1.60. The zero-order valence-electron chi connectivity index (χ0n) is 12.9. The van der Waals surface area contributed by atoms with E-state index < -0.39 is 0 Å². The molecule has 0 unspecified atom stereocenters. The molecule has 2 rings (SSSR count). The summed E-state index contributed by atoms with van der Waals surface area (Å²) in [5, 5.41) is 4.53. The van der Waals surface area contributed by atoms with Crippen LogP contribution in [0.3, 0.4) is 0 Å². The molecule has 0 atom stereocenters. The van der Waals surface area contributed by atoms with Crippen molar-refractivity contribution >= 4 is 23.7 Å². The van der Waals surface area contributed by atoms with Gasteiger partial charge < -0.3 is 9.47 Å². The molecule has 0 fully saturated rings. The molecule has 5 nitrogen and oxygen atoms in total. The lowest BCUT2D eigenvalue weighted by Gasteiger charge is -2.06. The van der Waals surface area contributed by atoms with Gasteiger partial charge in [0, 0.05) is 5.02 Å². The monoisotopic (exact) mass is 332 g/mol. The largest absolute Gasteiger partial charge is 0.497 e. The van der Waals surface area contributed by atoms with E-state index in [9.17, 15) is 4.79 Å². The minimum Gasteiger partial charge on any atom is -0.497 e. The van der Waals surface area contributed by atoms with Crippen molar-refractivity contribution in [3.8, 4) is 11.5 Å². The van der Waals surface area contributed by atoms with Gasteiger partial charge in [0.15, 0.2) is 6.61 Å². The molecule has 6 heteroatoms. The number of methoxy groups -OCH3 is 1. The number of hydrogen-bond acceptors (Lipinski definition) is 4. The van der Waals surface area contributed by atoms with Gasteiger partial charge in [-0.2, -0.15) is 5.10 Å². The molecular formula is C17H17ClN2O3. The van der Waals surface area contributed by atoms with Gasteiger partial charge in [0.1, 0.15) is 11.5 Å². The van der Waals surface area contributed by atoms with E-state index in [1.54, 1.807) is 31.5 Å². The fourth-order valence-corrected chi connectivity index (χ4v) is 1.87. The Bertz CT molecular complexity index is 699. The highest BCUT2D eigenvalue weighted by atomic mass is 35.5. The molecule has 2 aromatic carbocycles. The molecule has 0 aromatic heterocycles. The number of aryl methyl sites for hydroxylation is 1. The van der Waals surface area contributed by atoms with Crippen LogP contribution in [0.5, 0.6) is 11.5 Å². The summed E-state index contributed by atoms with van der Waals surface area (Å²) in [6.07, 6.45) is 1.55. The maximum atomic E-state index is 11.7. The fraction of sp³-hybridized carbons (Fsp3) is 0.176. The van der Waals surface area contributed by atoms with Crippen LogP contribution in [0.2, 0.25) is 5.02 Å². The number of hydrogen-bond donors (Lipinski definition) is 1. The Kier molecular flexibility index (Phi) is 6.00. The fourth-order valence-electron chi connectivity index (χ4n) is 1.76. The molecule has 0 saturated carbocycles. The van der Waals surface area contributed by atoms with Crippen molar-refractivity contribution in [2.75, 3.05) is 13.7 Å². The Morgan fingerprint density at radius 1 is 1.22 bits per heavy atom. The SMILES string of the molecule is COc1ccc(/C=N\NC(=O)COc2ccc(Cl)c(C)c2)cc1. The molecule has 0 bridgehead atoms. The third-order valence-corrected chi connectivity index (χ3v) is 3.44. The van der Waals surface area contributed by atoms with E-state index in [0.29, 0.717) is 10.8 Å². The molecule has 0 aliphatic heterocycles. The van der Waals surface area contributed by atoms with E-state index in [0.717, 1.165) is 16.9 Å². The number of amides is 1. The average Bonchev–Trinajstić information content (AvgIpc) is 2.56. The molecule has 120 valence electrons. The van der Waals surface area contributed by atoms with Crippen LogP contribution in [0.15, 0.2) is 47.6 Å². The first kappa shape index (κ1) is 16.8. The lowest BCUT2D eigenvalue weighted by molar-refractivity contribution is -0.123. The van der Waals surface area contributed by atoms with Crippen LogP contribution in [0.4, 0.5) is 0 Å². The van der Waals surface area contributed by atoms with Gasteiger partial charge >= 0.3 is 0 Å². The number of carbonyl (C=O) groups is 1. The van der Waals surface area contributed by atoms with Gasteiger partial charge in [-0.25, -0.2) is 5.43 Å². The Balaban J connectivity index is 1.79. The van der Waals surface area contributed by atoms with Gasteiger partial charge in [-0.3, -0.25) is 4.79 Å². The number of hydrazone groups is 1. The number of carbonyl (C=O) groups excluding carboxylic acids is 1. The van der Waals surface area contributed by atoms with E-state index in [1.807, 2.05) is 31.2 Å². The molecule has 0 aliphatic carbocycles. The summed E-state index contributed by atoms with van der Waals surface area (Å²) in [5.41, 5.74) is 4.14. The van der Waals surface area contributed by atoms with E-state index in [4.69, 9.17) is 21.1 Å². The number of halogens is 1. The summed E-state index contributed by atoms with van der Waals surface area (Å²) >= 11 is 5.93. The standard InChI is InChI=1S/C17H17ClN2O3/c1-12-9-15(7-8-16(12)18)23-11-17(21)20-19-10-13-3-5-14(22-2)6-4-13/h3-10H,11H2,1-2H3,(H,20,21)/b19-10-. The number of rotatable bonds is 6. The summed E-state index contributed by atoms with van der Waals surface area (Å²) < 4.78 is 10.4. The molecule has 2 aromatic rings. The number of nitrogens with one attached hydrogen (secondary N) is 1. The lowest BCUT2D eigenvalue weighted by atomic mass is 10.2. The molecule has 23 heavy (non-hydrogen) atoms. The molecule has 0 aliphatic rings. The van der Waals surface area contributed by atoms with Crippen LogP contribution in [-0.2, 0) is 4.79 Å². The van der Waals surface area contributed by atoms with Crippen LogP contribution in [-0.4, -0.2) is 25.8 Å². The zero-order chi connectivity index (χ0) is 16.7. The first-order chi connectivity index (χ1) is 11.1. The van der Waals surface area contributed by atoms with Gasteiger partial charge in [0.05, 0.1) is 13.3 Å². The van der Waals surface area contributed by atoms with E-state index in [2.05, 4.69) is 10.5 Å². The van der Waals surface area contributed by atoms with Crippen molar-refractivity contribution in [1.82, 2.24) is 5.43 Å². The van der Waals surface area contributed by atoms with Crippen molar-refractivity contribution < 1.29 is 14.3 Å². The van der Waals surface area contributed by atoms with Crippen molar-refractivity contribution in [2.45, 2.75) is 6.92 Å². The van der Waals surface area contributed by atoms with Gasteiger partial charge in [-0.15, -0.1) is 0 Å². The highest BCUT2D eigenvalue weighted by Gasteiger charge is 2.03. The van der Waals surface area contributed by atoms with Gasteiger partial charge in [0.25, 0.3) is 5.91 Å². The Morgan fingerprint density at radius 3 is 2.57 bits per heavy atom. The second kappa shape index (κ2) is 8.19. The highest BCUT2D eigenvalue weighted by Crippen LogP contribution is 2.20. The van der Waals surface area contributed by atoms with Crippen LogP contribution in [0.1, 0.15) is 11.1 Å². The Labute approximate surface area is 139 Å². The molecule has 0 heterocycles. The number of nitrogens with zero attached hydrogens (tertiary/aromatic N) is 1. The van der Waals surface area contributed by atoms with Gasteiger partial charge in [-0.1, -0.05) is 11.6 Å². The third kappa shape index (κ3) is 5.30. The average molecular weight is 333 g/mol. The molecule has 1 amide bonds. The highest BCUT2D eigenvalue weighted by molar-refractivity contribution is 6.31. The van der Waals surface area contributed by atoms with Crippen LogP contribution in [0.25, 0.3) is 0 Å². The zero-order valence-corrected chi connectivity index (χ0v) is 13.6. The van der Waals surface area contributed by atoms with Crippen molar-refractivity contribution in [2.24, 2.45) is 5.10 Å². The van der Waals surface area contributed by atoms with Gasteiger partial charge in [-0.05, 0) is 60.5 Å². The topological polar surface area (TPSA) is 59.9 Å². The van der Waals surface area contributed by atoms with E-state index in [-0.39, 0.29) is 12.5 Å². The van der Waals surface area contributed by atoms with Crippen LogP contribution in [0, 0.1) is 6.92 Å².